The third kappa shape index (κ3) is 4.72. The molecule has 12 heteroatoms. The Bertz CT molecular complexity index is 224. The molecule has 0 saturated carbocycles. The van der Waals surface area contributed by atoms with Gasteiger partial charge in [-0.25, -0.2) is 12.5 Å². The fourth-order valence-electron chi connectivity index (χ4n) is 0.261. The summed E-state index contributed by atoms with van der Waals surface area (Å²) in [6.45, 7) is 0. The van der Waals surface area contributed by atoms with Gasteiger partial charge in [-0.15, -0.1) is 0 Å². The normalized spacial score (nSPS) is 21.8. The van der Waals surface area contributed by atoms with Gasteiger partial charge in [0.2, 0.25) is 0 Å². The van der Waals surface area contributed by atoms with Crippen molar-refractivity contribution < 1.29 is 50.6 Å². The third-order valence-corrected chi connectivity index (χ3v) is 5.34. The summed E-state index contributed by atoms with van der Waals surface area (Å²) in [4.78, 5) is 19.8. The van der Waals surface area contributed by atoms with Crippen LogP contribution in [0.2, 0.25) is 0 Å². The van der Waals surface area contributed by atoms with E-state index < -0.39 is 15.6 Å². The van der Waals surface area contributed by atoms with Crippen LogP contribution < -0.4 is 9.79 Å². The van der Waals surface area contributed by atoms with Crippen molar-refractivity contribution >= 4 is 37.8 Å². The Hall–Kier alpha value is 1.58. The molecule has 7 nitrogen and oxygen atoms in total. The number of phosphoric acid groups is 2. The van der Waals surface area contributed by atoms with Crippen molar-refractivity contribution in [3.63, 3.8) is 0 Å². The Kier molecular flexibility index (Phi) is 5.53. The summed E-state index contributed by atoms with van der Waals surface area (Å²) in [7, 11) is -9.47. The van der Waals surface area contributed by atoms with E-state index in [1.165, 1.54) is 0 Å². The van der Waals surface area contributed by atoms with Crippen LogP contribution in [0.5, 0.6) is 0 Å². The van der Waals surface area contributed by atoms with Crippen LogP contribution in [0.4, 0.5) is 0 Å². The Morgan fingerprint density at radius 3 is 2.08 bits per heavy atom. The molecule has 1 aliphatic heterocycles. The molecule has 1 saturated heterocycles. The van der Waals surface area contributed by atoms with E-state index in [2.05, 4.69) is 12.3 Å². The zero-order valence-electron chi connectivity index (χ0n) is 5.28. The van der Waals surface area contributed by atoms with Crippen LogP contribution in [-0.2, 0) is 40.9 Å². The predicted octanol–water partition coefficient (Wildman–Crippen LogP) is 0.195. The third-order valence-electron chi connectivity index (χ3n) is 0.471. The first kappa shape index (κ1) is 13.6. The van der Waals surface area contributed by atoms with Crippen LogP contribution in [-0.4, -0.2) is 0 Å². The van der Waals surface area contributed by atoms with Gasteiger partial charge < -0.3 is 14.4 Å². The van der Waals surface area contributed by atoms with Crippen LogP contribution in [0.15, 0.2) is 0 Å². The molecule has 12 heavy (non-hydrogen) atoms. The van der Waals surface area contributed by atoms with Crippen molar-refractivity contribution in [1.29, 1.82) is 0 Å². The topological polar surface area (TPSA) is 108 Å². The standard InChI is InChI=1S/H2O7P2S2.Zn/c1-8(2,3)5-9(4)6-10-11-7-9;/h(H2,1,2,3);/q;+2/p-2. The molecule has 0 aromatic carbocycles. The maximum atomic E-state index is 10.7. The van der Waals surface area contributed by atoms with Crippen LogP contribution in [0, 0.1) is 0 Å². The second-order valence-electron chi connectivity index (χ2n) is 1.26. The molecule has 0 unspecified atom stereocenters. The first-order valence-electron chi connectivity index (χ1n) is 1.96. The molecule has 0 aliphatic carbocycles. The van der Waals surface area contributed by atoms with Crippen molar-refractivity contribution in [2.45, 2.75) is 0 Å². The number of rotatable bonds is 2. The summed E-state index contributed by atoms with van der Waals surface area (Å²) in [5, 5.41) is 0. The van der Waals surface area contributed by atoms with Crippen molar-refractivity contribution in [2.75, 3.05) is 0 Å². The molecule has 1 heterocycles. The molecule has 1 fully saturated rings. The monoisotopic (exact) mass is 302 g/mol. The van der Waals surface area contributed by atoms with Gasteiger partial charge in [0.25, 0.3) is 0 Å². The van der Waals surface area contributed by atoms with Crippen molar-refractivity contribution in [1.82, 2.24) is 0 Å². The molecule has 0 aromatic rings. The van der Waals surface area contributed by atoms with Crippen molar-refractivity contribution in [3.8, 4) is 0 Å². The van der Waals surface area contributed by atoms with Gasteiger partial charge in [-0.1, -0.05) is 0 Å². The average Bonchev–Trinajstić information content (AvgIpc) is 2.09. The van der Waals surface area contributed by atoms with Crippen LogP contribution in [0.25, 0.3) is 0 Å². The fourth-order valence-corrected chi connectivity index (χ4v) is 4.86. The Morgan fingerprint density at radius 1 is 1.33 bits per heavy atom. The first-order valence-corrected chi connectivity index (χ1v) is 6.88. The van der Waals surface area contributed by atoms with Gasteiger partial charge in [-0.2, -0.15) is 0 Å². The Labute approximate surface area is 88.3 Å². The van der Waals surface area contributed by atoms with Crippen LogP contribution >= 0.6 is 37.8 Å². The molecule has 66 valence electrons. The zero-order chi connectivity index (χ0) is 8.54. The second kappa shape index (κ2) is 4.89. The van der Waals surface area contributed by atoms with E-state index in [0.717, 1.165) is 0 Å². The van der Waals surface area contributed by atoms with Gasteiger partial charge in [0, 0.05) is 0 Å². The maximum absolute atomic E-state index is 10.7. The molecule has 1 aliphatic rings. The fraction of sp³-hybridized carbons (Fsp3) is 0. The van der Waals surface area contributed by atoms with Crippen LogP contribution in [0.3, 0.4) is 0 Å². The minimum atomic E-state index is -5.32. The summed E-state index contributed by atoms with van der Waals surface area (Å²) in [6, 6.07) is 0. The van der Waals surface area contributed by atoms with E-state index in [1.807, 2.05) is 0 Å². The first-order chi connectivity index (χ1) is 4.91. The van der Waals surface area contributed by atoms with Crippen LogP contribution in [0.1, 0.15) is 0 Å². The van der Waals surface area contributed by atoms with E-state index in [0.29, 0.717) is 22.1 Å². The number of hydrogen-bond acceptors (Lipinski definition) is 9. The molecule has 0 aromatic heterocycles. The van der Waals surface area contributed by atoms with Gasteiger partial charge >= 0.3 is 27.3 Å². The molecular formula is O7P2S2Zn. The van der Waals surface area contributed by atoms with E-state index >= 15 is 0 Å². The molecule has 0 bridgehead atoms. The summed E-state index contributed by atoms with van der Waals surface area (Å²) in [5.74, 6) is 0. The smallest absolute Gasteiger partial charge is 0.789 e. The van der Waals surface area contributed by atoms with E-state index in [1.54, 1.807) is 0 Å². The minimum Gasteiger partial charge on any atom is -0.789 e. The Balaban J connectivity index is 0.00000121. The molecule has 0 radical (unpaired) electrons. The summed E-state index contributed by atoms with van der Waals surface area (Å²) >= 11 is 1.06. The SMILES string of the molecule is O=P([O-])([O-])OP1(=O)OSSO1.[Zn+2]. The summed E-state index contributed by atoms with van der Waals surface area (Å²) in [6.07, 6.45) is 0. The average molecular weight is 303 g/mol. The summed E-state index contributed by atoms with van der Waals surface area (Å²) in [5.41, 5.74) is 0. The zero-order valence-corrected chi connectivity index (χ0v) is 11.7. The van der Waals surface area contributed by atoms with Crippen molar-refractivity contribution in [3.05, 3.63) is 0 Å². The Morgan fingerprint density at radius 2 is 1.75 bits per heavy atom. The van der Waals surface area contributed by atoms with E-state index in [-0.39, 0.29) is 19.5 Å². The number of hydrogen-bond donors (Lipinski definition) is 0. The predicted molar refractivity (Wildman–Crippen MR) is 33.6 cm³/mol. The summed E-state index contributed by atoms with van der Waals surface area (Å²) < 4.78 is 32.4. The molecule has 0 N–H and O–H groups in total. The molecular weight excluding hydrogens is 303 g/mol. The van der Waals surface area contributed by atoms with Gasteiger partial charge in [0.05, 0.1) is 7.82 Å². The quantitative estimate of drug-likeness (QED) is 0.306. The van der Waals surface area contributed by atoms with Gasteiger partial charge in [0.1, 0.15) is 22.1 Å². The second-order valence-corrected chi connectivity index (χ2v) is 5.98. The van der Waals surface area contributed by atoms with Crippen molar-refractivity contribution in [2.24, 2.45) is 0 Å². The van der Waals surface area contributed by atoms with Gasteiger partial charge in [-0.05, 0) is 0 Å². The minimum absolute atomic E-state index is 0. The molecule has 0 amide bonds. The van der Waals surface area contributed by atoms with Gasteiger partial charge in [0.15, 0.2) is 0 Å². The maximum Gasteiger partial charge on any atom is 2.00 e. The van der Waals surface area contributed by atoms with E-state index in [4.69, 9.17) is 0 Å². The molecule has 1 rings (SSSR count). The molecule has 0 atom stereocenters. The largest absolute Gasteiger partial charge is 2.00 e. The molecule has 0 spiro atoms. The van der Waals surface area contributed by atoms with E-state index in [9.17, 15) is 18.9 Å². The van der Waals surface area contributed by atoms with Gasteiger partial charge in [-0.3, -0.25) is 4.31 Å².